The largest absolute Gasteiger partial charge is 0.392 e. The van der Waals surface area contributed by atoms with Gasteiger partial charge in [-0.3, -0.25) is 0 Å². The van der Waals surface area contributed by atoms with Gasteiger partial charge in [0.25, 0.3) is 0 Å². The summed E-state index contributed by atoms with van der Waals surface area (Å²) in [7, 11) is 2.03. The Morgan fingerprint density at radius 2 is 2.12 bits per heavy atom. The minimum atomic E-state index is 0.0830. The van der Waals surface area contributed by atoms with Gasteiger partial charge in [0.05, 0.1) is 13.2 Å². The number of hydrogen-bond donors (Lipinski definition) is 2. The number of nitrogens with zero attached hydrogens (tertiary/aromatic N) is 1. The maximum atomic E-state index is 9.03. The van der Waals surface area contributed by atoms with Gasteiger partial charge in [-0.25, -0.2) is 0 Å². The summed E-state index contributed by atoms with van der Waals surface area (Å²) in [6.45, 7) is 0.873. The molecule has 0 bridgehead atoms. The Morgan fingerprint density at radius 3 is 2.81 bits per heavy atom. The molecule has 3 nitrogen and oxygen atoms in total. The van der Waals surface area contributed by atoms with Crippen molar-refractivity contribution in [3.8, 4) is 0 Å². The lowest BCUT2D eigenvalue weighted by Gasteiger charge is -2.08. The molecule has 0 aliphatic carbocycles. The van der Waals surface area contributed by atoms with Crippen LogP contribution in [-0.2, 0) is 20.2 Å². The summed E-state index contributed by atoms with van der Waals surface area (Å²) in [6, 6.07) is 11.9. The second kappa shape index (κ2) is 4.86. The molecule has 2 N–H and O–H groups in total. The Balaban J connectivity index is 2.02. The SMILES string of the molecule is Cn1cccc1CNc1cccc(CO)c1. The van der Waals surface area contributed by atoms with Gasteiger partial charge >= 0.3 is 0 Å². The summed E-state index contributed by atoms with van der Waals surface area (Å²) in [6.07, 6.45) is 2.03. The van der Waals surface area contributed by atoms with Gasteiger partial charge < -0.3 is 15.0 Å². The Kier molecular flexibility index (Phi) is 3.27. The minimum Gasteiger partial charge on any atom is -0.392 e. The van der Waals surface area contributed by atoms with Crippen LogP contribution in [0.25, 0.3) is 0 Å². The second-order valence-electron chi connectivity index (χ2n) is 3.82. The number of hydrogen-bond acceptors (Lipinski definition) is 2. The van der Waals surface area contributed by atoms with Crippen LogP contribution in [0.5, 0.6) is 0 Å². The van der Waals surface area contributed by atoms with E-state index in [1.807, 2.05) is 43.6 Å². The molecule has 0 saturated heterocycles. The number of rotatable bonds is 4. The molecule has 2 rings (SSSR count). The third-order valence-corrected chi connectivity index (χ3v) is 2.63. The molecule has 16 heavy (non-hydrogen) atoms. The van der Waals surface area contributed by atoms with Crippen LogP contribution in [0.4, 0.5) is 5.69 Å². The fourth-order valence-corrected chi connectivity index (χ4v) is 1.65. The van der Waals surface area contributed by atoms with Crippen molar-refractivity contribution in [3.05, 3.63) is 53.9 Å². The number of anilines is 1. The molecule has 0 amide bonds. The Morgan fingerprint density at radius 1 is 1.25 bits per heavy atom. The van der Waals surface area contributed by atoms with E-state index in [-0.39, 0.29) is 6.61 Å². The van der Waals surface area contributed by atoms with E-state index in [0.29, 0.717) is 0 Å². The van der Waals surface area contributed by atoms with E-state index < -0.39 is 0 Å². The van der Waals surface area contributed by atoms with Crippen LogP contribution in [0.3, 0.4) is 0 Å². The number of benzene rings is 1. The first-order valence-corrected chi connectivity index (χ1v) is 5.33. The number of aliphatic hydroxyl groups excluding tert-OH is 1. The summed E-state index contributed by atoms with van der Waals surface area (Å²) in [5, 5.41) is 12.4. The average Bonchev–Trinajstić information content (AvgIpc) is 2.72. The van der Waals surface area contributed by atoms with Gasteiger partial charge in [0.15, 0.2) is 0 Å². The molecule has 0 unspecified atom stereocenters. The highest BCUT2D eigenvalue weighted by molar-refractivity contribution is 5.45. The predicted molar refractivity (Wildman–Crippen MR) is 65.1 cm³/mol. The molecule has 3 heteroatoms. The lowest BCUT2D eigenvalue weighted by atomic mass is 10.2. The van der Waals surface area contributed by atoms with E-state index in [2.05, 4.69) is 16.0 Å². The van der Waals surface area contributed by atoms with E-state index in [1.54, 1.807) is 0 Å². The van der Waals surface area contributed by atoms with Crippen molar-refractivity contribution in [2.45, 2.75) is 13.2 Å². The van der Waals surface area contributed by atoms with Crippen LogP contribution in [0, 0.1) is 0 Å². The summed E-state index contributed by atoms with van der Waals surface area (Å²) in [4.78, 5) is 0. The van der Waals surface area contributed by atoms with Crippen LogP contribution in [-0.4, -0.2) is 9.67 Å². The van der Waals surface area contributed by atoms with Crippen LogP contribution in [0.1, 0.15) is 11.3 Å². The Labute approximate surface area is 95.3 Å². The number of aryl methyl sites for hydroxylation is 1. The molecule has 1 aromatic heterocycles. The summed E-state index contributed by atoms with van der Waals surface area (Å²) < 4.78 is 2.09. The lowest BCUT2D eigenvalue weighted by molar-refractivity contribution is 0.282. The van der Waals surface area contributed by atoms with E-state index in [0.717, 1.165) is 17.8 Å². The van der Waals surface area contributed by atoms with E-state index in [4.69, 9.17) is 5.11 Å². The molecule has 2 aromatic rings. The zero-order valence-electron chi connectivity index (χ0n) is 9.35. The van der Waals surface area contributed by atoms with Crippen molar-refractivity contribution in [2.75, 3.05) is 5.32 Å². The van der Waals surface area contributed by atoms with Crippen molar-refractivity contribution < 1.29 is 5.11 Å². The van der Waals surface area contributed by atoms with Crippen molar-refractivity contribution >= 4 is 5.69 Å². The highest BCUT2D eigenvalue weighted by atomic mass is 16.3. The number of aliphatic hydroxyl groups is 1. The monoisotopic (exact) mass is 216 g/mol. The number of aromatic nitrogens is 1. The molecule has 0 atom stereocenters. The van der Waals surface area contributed by atoms with Crippen LogP contribution in [0.2, 0.25) is 0 Å². The first-order chi connectivity index (χ1) is 7.79. The third-order valence-electron chi connectivity index (χ3n) is 2.63. The summed E-state index contributed by atoms with van der Waals surface area (Å²) >= 11 is 0. The zero-order valence-corrected chi connectivity index (χ0v) is 9.35. The third kappa shape index (κ3) is 2.44. The number of nitrogens with one attached hydrogen (secondary N) is 1. The fourth-order valence-electron chi connectivity index (χ4n) is 1.65. The molecule has 0 saturated carbocycles. The highest BCUT2D eigenvalue weighted by Crippen LogP contribution is 2.12. The van der Waals surface area contributed by atoms with Gasteiger partial charge in [-0.1, -0.05) is 12.1 Å². The molecular weight excluding hydrogens is 200 g/mol. The first-order valence-electron chi connectivity index (χ1n) is 5.33. The molecule has 0 radical (unpaired) electrons. The molecule has 1 heterocycles. The molecule has 0 aliphatic rings. The average molecular weight is 216 g/mol. The highest BCUT2D eigenvalue weighted by Gasteiger charge is 1.98. The zero-order chi connectivity index (χ0) is 11.4. The van der Waals surface area contributed by atoms with Gasteiger partial charge in [-0.15, -0.1) is 0 Å². The van der Waals surface area contributed by atoms with E-state index in [1.165, 1.54) is 5.69 Å². The summed E-state index contributed by atoms with van der Waals surface area (Å²) in [5.41, 5.74) is 3.19. The maximum absolute atomic E-state index is 9.03. The van der Waals surface area contributed by atoms with Crippen molar-refractivity contribution in [2.24, 2.45) is 7.05 Å². The lowest BCUT2D eigenvalue weighted by Crippen LogP contribution is -2.04. The first kappa shape index (κ1) is 10.8. The van der Waals surface area contributed by atoms with Gasteiger partial charge in [-0.05, 0) is 29.8 Å². The van der Waals surface area contributed by atoms with E-state index >= 15 is 0 Å². The van der Waals surface area contributed by atoms with Crippen molar-refractivity contribution in [1.29, 1.82) is 0 Å². The van der Waals surface area contributed by atoms with E-state index in [9.17, 15) is 0 Å². The quantitative estimate of drug-likeness (QED) is 0.821. The van der Waals surface area contributed by atoms with Crippen molar-refractivity contribution in [1.82, 2.24) is 4.57 Å². The molecule has 0 spiro atoms. The van der Waals surface area contributed by atoms with Crippen LogP contribution in [0.15, 0.2) is 42.6 Å². The van der Waals surface area contributed by atoms with Gasteiger partial charge in [0.1, 0.15) is 0 Å². The molecule has 0 aliphatic heterocycles. The smallest absolute Gasteiger partial charge is 0.0682 e. The van der Waals surface area contributed by atoms with Gasteiger partial charge in [0, 0.05) is 24.6 Å². The molecular formula is C13H16N2O. The van der Waals surface area contributed by atoms with Gasteiger partial charge in [-0.2, -0.15) is 0 Å². The predicted octanol–water partition coefficient (Wildman–Crippen LogP) is 2.13. The fraction of sp³-hybridized carbons (Fsp3) is 0.231. The second-order valence-corrected chi connectivity index (χ2v) is 3.82. The van der Waals surface area contributed by atoms with Gasteiger partial charge in [0.2, 0.25) is 0 Å². The van der Waals surface area contributed by atoms with Crippen molar-refractivity contribution in [3.63, 3.8) is 0 Å². The standard InChI is InChI=1S/C13H16N2O/c1-15-7-3-6-13(15)9-14-12-5-2-4-11(8-12)10-16/h2-8,14,16H,9-10H2,1H3. The molecule has 84 valence electrons. The Hall–Kier alpha value is -1.74. The minimum absolute atomic E-state index is 0.0830. The molecule has 0 fully saturated rings. The Bertz CT molecular complexity index is 462. The molecule has 1 aromatic carbocycles. The summed E-state index contributed by atoms with van der Waals surface area (Å²) in [5.74, 6) is 0. The van der Waals surface area contributed by atoms with Crippen LogP contribution >= 0.6 is 0 Å². The topological polar surface area (TPSA) is 37.2 Å². The van der Waals surface area contributed by atoms with Crippen LogP contribution < -0.4 is 5.32 Å². The normalized spacial score (nSPS) is 10.4. The maximum Gasteiger partial charge on any atom is 0.0682 e.